The maximum Gasteiger partial charge on any atom is 0.222 e. The molecule has 0 bridgehead atoms. The molecule has 2 aromatic rings. The summed E-state index contributed by atoms with van der Waals surface area (Å²) in [6, 6.07) is 4.23. The summed E-state index contributed by atoms with van der Waals surface area (Å²) >= 11 is 0. The van der Waals surface area contributed by atoms with E-state index in [-0.39, 0.29) is 5.91 Å². The minimum absolute atomic E-state index is 0.270. The smallest absolute Gasteiger partial charge is 0.222 e. The van der Waals surface area contributed by atoms with Crippen molar-refractivity contribution in [1.29, 1.82) is 0 Å². The molecule has 1 aliphatic rings. The van der Waals surface area contributed by atoms with Gasteiger partial charge in [0.25, 0.3) is 0 Å². The Bertz CT molecular complexity index is 700. The van der Waals surface area contributed by atoms with E-state index in [0.717, 1.165) is 49.4 Å². The summed E-state index contributed by atoms with van der Waals surface area (Å²) in [6.45, 7) is 7.79. The molecule has 5 heteroatoms. The van der Waals surface area contributed by atoms with Crippen LogP contribution in [0.2, 0.25) is 0 Å². The second kappa shape index (κ2) is 7.81. The van der Waals surface area contributed by atoms with Crippen molar-refractivity contribution in [2.24, 2.45) is 5.92 Å². The van der Waals surface area contributed by atoms with Crippen molar-refractivity contribution in [3.63, 3.8) is 0 Å². The number of H-pyrrole nitrogens is 1. The van der Waals surface area contributed by atoms with Crippen molar-refractivity contribution in [3.05, 3.63) is 46.5 Å². The number of aryl methyl sites for hydroxylation is 3. The normalized spacial score (nSPS) is 17.7. The van der Waals surface area contributed by atoms with Crippen molar-refractivity contribution in [2.45, 2.75) is 52.9 Å². The second-order valence-electron chi connectivity index (χ2n) is 7.27. The molecule has 0 unspecified atom stereocenters. The van der Waals surface area contributed by atoms with E-state index >= 15 is 0 Å². The number of nitrogens with one attached hydrogen (secondary N) is 1. The molecule has 2 aromatic heterocycles. The molecule has 1 fully saturated rings. The number of carbonyl (C=O) groups excluding carboxylic acids is 1. The van der Waals surface area contributed by atoms with Gasteiger partial charge in [-0.05, 0) is 69.6 Å². The lowest BCUT2D eigenvalue weighted by atomic mass is 9.91. The molecule has 1 atom stereocenters. The largest absolute Gasteiger partial charge is 0.342 e. The zero-order chi connectivity index (χ0) is 17.8. The number of aromatic amines is 1. The molecular formula is C20H28N4O. The average molecular weight is 340 g/mol. The highest BCUT2D eigenvalue weighted by atomic mass is 16.2. The number of hydrogen-bond acceptors (Lipinski definition) is 3. The van der Waals surface area contributed by atoms with Gasteiger partial charge in [-0.2, -0.15) is 5.10 Å². The monoisotopic (exact) mass is 340 g/mol. The van der Waals surface area contributed by atoms with E-state index in [4.69, 9.17) is 0 Å². The number of rotatable bonds is 5. The number of aromatic nitrogens is 3. The summed E-state index contributed by atoms with van der Waals surface area (Å²) < 4.78 is 0. The van der Waals surface area contributed by atoms with Crippen LogP contribution in [0.5, 0.6) is 0 Å². The predicted octanol–water partition coefficient (Wildman–Crippen LogP) is 3.14. The maximum atomic E-state index is 12.6. The summed E-state index contributed by atoms with van der Waals surface area (Å²) in [6.07, 6.45) is 6.62. The van der Waals surface area contributed by atoms with Crippen LogP contribution in [0.4, 0.5) is 0 Å². The Hall–Kier alpha value is -2.17. The first-order chi connectivity index (χ1) is 12.0. The molecule has 0 aliphatic carbocycles. The van der Waals surface area contributed by atoms with Gasteiger partial charge in [-0.15, -0.1) is 0 Å². The molecule has 1 saturated heterocycles. The number of nitrogens with zero attached hydrogens (tertiary/aromatic N) is 3. The Kier molecular flexibility index (Phi) is 5.51. The Morgan fingerprint density at radius 3 is 2.84 bits per heavy atom. The van der Waals surface area contributed by atoms with Gasteiger partial charge in [0, 0.05) is 37.1 Å². The van der Waals surface area contributed by atoms with E-state index in [2.05, 4.69) is 32.2 Å². The molecule has 1 aliphatic heterocycles. The van der Waals surface area contributed by atoms with Gasteiger partial charge < -0.3 is 4.90 Å². The van der Waals surface area contributed by atoms with Crippen molar-refractivity contribution in [1.82, 2.24) is 20.1 Å². The first-order valence-corrected chi connectivity index (χ1v) is 9.22. The van der Waals surface area contributed by atoms with Crippen LogP contribution in [-0.2, 0) is 17.6 Å². The lowest BCUT2D eigenvalue weighted by Gasteiger charge is -2.33. The van der Waals surface area contributed by atoms with Crippen molar-refractivity contribution < 1.29 is 4.79 Å². The Balaban J connectivity index is 1.53. The van der Waals surface area contributed by atoms with Crippen LogP contribution in [0.15, 0.2) is 18.3 Å². The molecule has 0 aromatic carbocycles. The van der Waals surface area contributed by atoms with E-state index in [1.54, 1.807) is 0 Å². The highest BCUT2D eigenvalue weighted by molar-refractivity contribution is 5.76. The van der Waals surface area contributed by atoms with E-state index < -0.39 is 0 Å². The molecule has 5 nitrogen and oxygen atoms in total. The molecule has 1 amide bonds. The predicted molar refractivity (Wildman–Crippen MR) is 98.4 cm³/mol. The number of pyridine rings is 1. The summed E-state index contributed by atoms with van der Waals surface area (Å²) in [5, 5.41) is 7.21. The van der Waals surface area contributed by atoms with Gasteiger partial charge in [-0.3, -0.25) is 14.9 Å². The number of amides is 1. The van der Waals surface area contributed by atoms with Crippen LogP contribution in [-0.4, -0.2) is 39.1 Å². The fourth-order valence-corrected chi connectivity index (χ4v) is 3.74. The molecule has 0 spiro atoms. The maximum absolute atomic E-state index is 12.6. The van der Waals surface area contributed by atoms with Crippen molar-refractivity contribution >= 4 is 5.91 Å². The van der Waals surface area contributed by atoms with Crippen molar-refractivity contribution in [3.8, 4) is 0 Å². The van der Waals surface area contributed by atoms with Crippen molar-refractivity contribution in [2.75, 3.05) is 13.1 Å². The average Bonchev–Trinajstić information content (AvgIpc) is 2.93. The van der Waals surface area contributed by atoms with Gasteiger partial charge in [0.05, 0.1) is 5.69 Å². The Morgan fingerprint density at radius 1 is 1.32 bits per heavy atom. The third kappa shape index (κ3) is 4.47. The SMILES string of the molecule is Cc1ccc(C[C@H]2CCCN(C(=O)CCc3c(C)n[nH]c3C)C2)cn1. The van der Waals surface area contributed by atoms with Gasteiger partial charge in [0.15, 0.2) is 0 Å². The zero-order valence-corrected chi connectivity index (χ0v) is 15.5. The summed E-state index contributed by atoms with van der Waals surface area (Å²) in [7, 11) is 0. The molecule has 3 heterocycles. The quantitative estimate of drug-likeness (QED) is 0.909. The van der Waals surface area contributed by atoms with E-state index in [1.807, 2.05) is 27.0 Å². The Labute approximate surface area is 149 Å². The fourth-order valence-electron chi connectivity index (χ4n) is 3.74. The second-order valence-corrected chi connectivity index (χ2v) is 7.27. The van der Waals surface area contributed by atoms with Crippen LogP contribution in [0.1, 0.15) is 47.5 Å². The van der Waals surface area contributed by atoms with Crippen LogP contribution in [0, 0.1) is 26.7 Å². The lowest BCUT2D eigenvalue weighted by molar-refractivity contribution is -0.132. The van der Waals surface area contributed by atoms with E-state index in [9.17, 15) is 4.79 Å². The number of piperidine rings is 1. The van der Waals surface area contributed by atoms with E-state index in [1.165, 1.54) is 17.5 Å². The van der Waals surface area contributed by atoms with Gasteiger partial charge in [-0.1, -0.05) is 6.07 Å². The number of likely N-dealkylation sites (tertiary alicyclic amines) is 1. The third-order valence-corrected chi connectivity index (χ3v) is 5.24. The third-order valence-electron chi connectivity index (χ3n) is 5.24. The molecule has 25 heavy (non-hydrogen) atoms. The molecule has 1 N–H and O–H groups in total. The highest BCUT2D eigenvalue weighted by Crippen LogP contribution is 2.22. The Morgan fingerprint density at radius 2 is 2.16 bits per heavy atom. The molecule has 0 saturated carbocycles. The number of carbonyl (C=O) groups is 1. The fraction of sp³-hybridized carbons (Fsp3) is 0.550. The topological polar surface area (TPSA) is 61.9 Å². The van der Waals surface area contributed by atoms with Gasteiger partial charge in [-0.25, -0.2) is 0 Å². The minimum atomic E-state index is 0.270. The first kappa shape index (κ1) is 17.6. The minimum Gasteiger partial charge on any atom is -0.342 e. The van der Waals surface area contributed by atoms with Crippen LogP contribution < -0.4 is 0 Å². The first-order valence-electron chi connectivity index (χ1n) is 9.22. The highest BCUT2D eigenvalue weighted by Gasteiger charge is 2.24. The zero-order valence-electron chi connectivity index (χ0n) is 15.5. The molecule has 0 radical (unpaired) electrons. The van der Waals surface area contributed by atoms with Crippen LogP contribution >= 0.6 is 0 Å². The summed E-state index contributed by atoms with van der Waals surface area (Å²) in [5.74, 6) is 0.811. The van der Waals surface area contributed by atoms with E-state index in [0.29, 0.717) is 12.3 Å². The van der Waals surface area contributed by atoms with Gasteiger partial charge in [0.2, 0.25) is 5.91 Å². The van der Waals surface area contributed by atoms with Gasteiger partial charge in [0.1, 0.15) is 0 Å². The van der Waals surface area contributed by atoms with Crippen LogP contribution in [0.3, 0.4) is 0 Å². The molecule has 134 valence electrons. The molecule has 3 rings (SSSR count). The van der Waals surface area contributed by atoms with Gasteiger partial charge >= 0.3 is 0 Å². The van der Waals surface area contributed by atoms with Crippen LogP contribution in [0.25, 0.3) is 0 Å². The summed E-state index contributed by atoms with van der Waals surface area (Å²) in [4.78, 5) is 19.1. The summed E-state index contributed by atoms with van der Waals surface area (Å²) in [5.41, 5.74) is 5.60. The number of hydrogen-bond donors (Lipinski definition) is 1. The molecular weight excluding hydrogens is 312 g/mol. The lowest BCUT2D eigenvalue weighted by Crippen LogP contribution is -2.40. The standard InChI is InChI=1S/C20H28N4O/c1-14-6-7-17(12-21-14)11-18-5-4-10-24(13-18)20(25)9-8-19-15(2)22-23-16(19)3/h6-7,12,18H,4-5,8-11,13H2,1-3H3,(H,22,23)/t18-/m1/s1.